The fourth-order valence-corrected chi connectivity index (χ4v) is 3.75. The van der Waals surface area contributed by atoms with Crippen LogP contribution in [0.4, 0.5) is 0 Å². The summed E-state index contributed by atoms with van der Waals surface area (Å²) in [5.41, 5.74) is 0. The van der Waals surface area contributed by atoms with Gasteiger partial charge in [0.25, 0.3) is 0 Å². The minimum absolute atomic E-state index is 0.231. The number of hydrogen-bond acceptors (Lipinski definition) is 2. The number of rotatable bonds is 0. The summed E-state index contributed by atoms with van der Waals surface area (Å²) in [7, 11) is 0.231. The summed E-state index contributed by atoms with van der Waals surface area (Å²) >= 11 is 1.95. The molecule has 0 saturated carbocycles. The monoisotopic (exact) mass is 136 g/mol. The van der Waals surface area contributed by atoms with Crippen molar-refractivity contribution < 1.29 is 0 Å². The van der Waals surface area contributed by atoms with Gasteiger partial charge in [-0.15, -0.1) is 11.8 Å². The number of nitrogens with two attached hydrogens (primary N) is 1. The molecular formula is C3H8N2S2. The van der Waals surface area contributed by atoms with E-state index in [0.29, 0.717) is 0 Å². The highest BCUT2D eigenvalue weighted by Gasteiger charge is 2.04. The molecule has 4 heteroatoms. The molecule has 1 aliphatic rings. The predicted octanol–water partition coefficient (Wildman–Crippen LogP) is 0.366. The Morgan fingerprint density at radius 2 is 2.57 bits per heavy atom. The third-order valence-corrected chi connectivity index (χ3v) is 4.31. The normalized spacial score (nSPS) is 31.9. The summed E-state index contributed by atoms with van der Waals surface area (Å²) in [4.78, 5) is 0. The van der Waals surface area contributed by atoms with Crippen molar-refractivity contribution in [1.29, 1.82) is 0 Å². The van der Waals surface area contributed by atoms with Crippen LogP contribution in [0.25, 0.3) is 0 Å². The van der Waals surface area contributed by atoms with Gasteiger partial charge >= 0.3 is 0 Å². The lowest BCUT2D eigenvalue weighted by Gasteiger charge is -1.85. The molecule has 1 atom stereocenters. The molecule has 0 spiro atoms. The fourth-order valence-electron chi connectivity index (χ4n) is 0.452. The van der Waals surface area contributed by atoms with Crippen LogP contribution in [0.2, 0.25) is 0 Å². The zero-order valence-electron chi connectivity index (χ0n) is 3.96. The quantitative estimate of drug-likeness (QED) is 0.386. The van der Waals surface area contributed by atoms with Gasteiger partial charge < -0.3 is 0 Å². The Morgan fingerprint density at radius 3 is 2.86 bits per heavy atom. The van der Waals surface area contributed by atoms with Gasteiger partial charge in [-0.2, -0.15) is 4.47 Å². The number of thioether (sulfide) groups is 1. The molecule has 0 amide bonds. The molecule has 0 aromatic heterocycles. The smallest absolute Gasteiger partial charge is 0.0515 e. The standard InChI is InChI=1S/C3H8N2S2/c4-5-7-2-1-6-3-7/h1-4H2. The lowest BCUT2D eigenvalue weighted by atomic mass is 11.0. The average molecular weight is 136 g/mol. The Morgan fingerprint density at radius 1 is 1.71 bits per heavy atom. The first-order chi connectivity index (χ1) is 3.43. The third kappa shape index (κ3) is 1.44. The summed E-state index contributed by atoms with van der Waals surface area (Å²) in [6.45, 7) is 0. The minimum Gasteiger partial charge on any atom is -0.221 e. The van der Waals surface area contributed by atoms with Crippen molar-refractivity contribution in [3.05, 3.63) is 0 Å². The molecule has 2 nitrogen and oxygen atoms in total. The fraction of sp³-hybridized carbons (Fsp3) is 1.00. The van der Waals surface area contributed by atoms with E-state index in [0.717, 1.165) is 5.08 Å². The van der Waals surface area contributed by atoms with E-state index in [1.165, 1.54) is 11.5 Å². The van der Waals surface area contributed by atoms with Gasteiger partial charge in [0.1, 0.15) is 0 Å². The summed E-state index contributed by atoms with van der Waals surface area (Å²) in [5.74, 6) is 7.52. The van der Waals surface area contributed by atoms with Gasteiger partial charge in [-0.3, -0.25) is 0 Å². The molecular weight excluding hydrogens is 128 g/mol. The molecule has 0 aromatic carbocycles. The second-order valence-electron chi connectivity index (χ2n) is 1.30. The maximum atomic E-state index is 5.06. The molecule has 1 rings (SSSR count). The van der Waals surface area contributed by atoms with Crippen LogP contribution in [-0.2, 0) is 10.7 Å². The van der Waals surface area contributed by atoms with Gasteiger partial charge in [-0.1, -0.05) is 10.7 Å². The van der Waals surface area contributed by atoms with E-state index in [4.69, 9.17) is 5.84 Å². The zero-order chi connectivity index (χ0) is 5.11. The Balaban J connectivity index is 2.41. The van der Waals surface area contributed by atoms with Gasteiger partial charge in [-0.25, -0.2) is 5.84 Å². The summed E-state index contributed by atoms with van der Waals surface area (Å²) in [6, 6.07) is 0. The van der Waals surface area contributed by atoms with Gasteiger partial charge in [-0.05, 0) is 0 Å². The molecule has 0 radical (unpaired) electrons. The predicted molar refractivity (Wildman–Crippen MR) is 36.2 cm³/mol. The van der Waals surface area contributed by atoms with Crippen LogP contribution in [0.1, 0.15) is 0 Å². The van der Waals surface area contributed by atoms with Crippen LogP contribution in [0.5, 0.6) is 0 Å². The van der Waals surface area contributed by atoms with Crippen molar-refractivity contribution in [3.8, 4) is 0 Å². The molecule has 7 heavy (non-hydrogen) atoms. The lowest BCUT2D eigenvalue weighted by Crippen LogP contribution is -1.94. The first-order valence-corrected chi connectivity index (χ1v) is 4.77. The van der Waals surface area contributed by atoms with E-state index < -0.39 is 0 Å². The van der Waals surface area contributed by atoms with Crippen molar-refractivity contribution >= 4 is 22.5 Å². The Bertz CT molecular complexity index is 82.9. The van der Waals surface area contributed by atoms with E-state index >= 15 is 0 Å². The second-order valence-corrected chi connectivity index (χ2v) is 4.60. The van der Waals surface area contributed by atoms with Crippen LogP contribution < -0.4 is 5.84 Å². The van der Waals surface area contributed by atoms with Gasteiger partial charge in [0, 0.05) is 11.5 Å². The highest BCUT2D eigenvalue weighted by Crippen LogP contribution is 2.12. The maximum Gasteiger partial charge on any atom is 0.0515 e. The summed E-state index contributed by atoms with van der Waals surface area (Å²) < 4.78 is 3.69. The Hall–Kier alpha value is 0.460. The largest absolute Gasteiger partial charge is 0.221 e. The van der Waals surface area contributed by atoms with Crippen molar-refractivity contribution in [1.82, 2.24) is 0 Å². The highest BCUT2D eigenvalue weighted by molar-refractivity contribution is 8.13. The van der Waals surface area contributed by atoms with Crippen molar-refractivity contribution in [3.63, 3.8) is 0 Å². The Kier molecular flexibility index (Phi) is 2.15. The molecule has 1 saturated heterocycles. The summed E-state index contributed by atoms with van der Waals surface area (Å²) in [6.07, 6.45) is 0. The first kappa shape index (κ1) is 5.59. The molecule has 2 N–H and O–H groups in total. The van der Waals surface area contributed by atoms with Crippen LogP contribution in [0, 0.1) is 0 Å². The van der Waals surface area contributed by atoms with Gasteiger partial charge in [0.15, 0.2) is 0 Å². The van der Waals surface area contributed by atoms with E-state index in [2.05, 4.69) is 4.47 Å². The molecule has 0 bridgehead atoms. The van der Waals surface area contributed by atoms with E-state index in [-0.39, 0.29) is 10.7 Å². The van der Waals surface area contributed by atoms with Crippen molar-refractivity contribution in [2.24, 2.45) is 10.3 Å². The molecule has 1 unspecified atom stereocenters. The molecule has 42 valence electrons. The topological polar surface area (TPSA) is 38.4 Å². The molecule has 1 aliphatic heterocycles. The highest BCUT2D eigenvalue weighted by atomic mass is 32.2. The summed E-state index contributed by atoms with van der Waals surface area (Å²) in [5, 5.41) is 1.16. The van der Waals surface area contributed by atoms with E-state index in [1.807, 2.05) is 11.8 Å². The maximum absolute atomic E-state index is 5.06. The van der Waals surface area contributed by atoms with Crippen LogP contribution in [-0.4, -0.2) is 16.6 Å². The first-order valence-electron chi connectivity index (χ1n) is 2.10. The molecule has 0 aromatic rings. The van der Waals surface area contributed by atoms with E-state index in [9.17, 15) is 0 Å². The van der Waals surface area contributed by atoms with Crippen molar-refractivity contribution in [2.75, 3.05) is 16.6 Å². The van der Waals surface area contributed by atoms with Crippen LogP contribution in [0.15, 0.2) is 4.47 Å². The zero-order valence-corrected chi connectivity index (χ0v) is 5.60. The average Bonchev–Trinajstić information content (AvgIpc) is 2.14. The SMILES string of the molecule is NN=S1CCSC1. The number of nitrogens with zero attached hydrogens (tertiary/aromatic N) is 1. The van der Waals surface area contributed by atoms with Crippen molar-refractivity contribution in [2.45, 2.75) is 0 Å². The molecule has 1 fully saturated rings. The van der Waals surface area contributed by atoms with Crippen LogP contribution >= 0.6 is 11.8 Å². The lowest BCUT2D eigenvalue weighted by molar-refractivity contribution is 1.28. The van der Waals surface area contributed by atoms with Gasteiger partial charge in [0.05, 0.1) is 5.08 Å². The van der Waals surface area contributed by atoms with Gasteiger partial charge in [0.2, 0.25) is 0 Å². The molecule has 0 aliphatic carbocycles. The second kappa shape index (κ2) is 2.69. The minimum atomic E-state index is 0.231. The van der Waals surface area contributed by atoms with Crippen LogP contribution in [0.3, 0.4) is 0 Å². The Labute approximate surface area is 49.9 Å². The number of hydrogen-bond donors (Lipinski definition) is 1. The molecule has 1 heterocycles. The third-order valence-electron chi connectivity index (χ3n) is 0.832. The van der Waals surface area contributed by atoms with E-state index in [1.54, 1.807) is 0 Å².